The smallest absolute Gasteiger partial charge is 0.119 e. The molecule has 1 aliphatic heterocycles. The average Bonchev–Trinajstić information content (AvgIpc) is 2.84. The first kappa shape index (κ1) is 15.3. The SMILES string of the molecule is COc1ccc(Br)c(CN2CCCNC3(CCCC3)C2)c1. The Hall–Kier alpha value is -0.580. The number of nitrogens with one attached hydrogen (secondary N) is 1. The van der Waals surface area contributed by atoms with Crippen molar-refractivity contribution in [3.05, 3.63) is 28.2 Å². The van der Waals surface area contributed by atoms with E-state index in [0.29, 0.717) is 5.54 Å². The molecule has 1 heterocycles. The highest BCUT2D eigenvalue weighted by atomic mass is 79.9. The molecule has 0 atom stereocenters. The van der Waals surface area contributed by atoms with Crippen molar-refractivity contribution in [2.45, 2.75) is 44.2 Å². The molecule has 1 spiro atoms. The van der Waals surface area contributed by atoms with Crippen LogP contribution in [0.4, 0.5) is 0 Å². The quantitative estimate of drug-likeness (QED) is 0.899. The van der Waals surface area contributed by atoms with Crippen LogP contribution in [0.15, 0.2) is 22.7 Å². The first-order valence-electron chi connectivity index (χ1n) is 8.01. The lowest BCUT2D eigenvalue weighted by Gasteiger charge is -2.33. The van der Waals surface area contributed by atoms with Gasteiger partial charge in [0.25, 0.3) is 0 Å². The fourth-order valence-corrected chi connectivity index (χ4v) is 4.15. The second kappa shape index (κ2) is 6.67. The van der Waals surface area contributed by atoms with Crippen LogP contribution in [0.2, 0.25) is 0 Å². The molecular weight excluding hydrogens is 328 g/mol. The van der Waals surface area contributed by atoms with Crippen molar-refractivity contribution in [2.75, 3.05) is 26.7 Å². The summed E-state index contributed by atoms with van der Waals surface area (Å²) in [5, 5.41) is 3.83. The summed E-state index contributed by atoms with van der Waals surface area (Å²) in [5.41, 5.74) is 1.70. The van der Waals surface area contributed by atoms with E-state index in [2.05, 4.69) is 38.3 Å². The summed E-state index contributed by atoms with van der Waals surface area (Å²) in [6.07, 6.45) is 6.67. The highest BCUT2D eigenvalue weighted by molar-refractivity contribution is 9.10. The standard InChI is InChI=1S/C17H25BrN2O/c1-21-15-5-6-16(18)14(11-15)12-20-10-4-9-19-17(13-20)7-2-3-8-17/h5-6,11,19H,2-4,7-10,12-13H2,1H3. The number of benzene rings is 1. The number of hydrogen-bond donors (Lipinski definition) is 1. The Morgan fingerprint density at radius 3 is 2.86 bits per heavy atom. The summed E-state index contributed by atoms with van der Waals surface area (Å²) < 4.78 is 6.55. The van der Waals surface area contributed by atoms with Gasteiger partial charge in [-0.2, -0.15) is 0 Å². The lowest BCUT2D eigenvalue weighted by Crippen LogP contribution is -2.49. The van der Waals surface area contributed by atoms with Crippen molar-refractivity contribution in [3.8, 4) is 5.75 Å². The second-order valence-corrected chi connectivity index (χ2v) is 7.29. The maximum absolute atomic E-state index is 5.37. The van der Waals surface area contributed by atoms with Gasteiger partial charge in [0.05, 0.1) is 7.11 Å². The molecule has 2 aliphatic rings. The van der Waals surface area contributed by atoms with Crippen LogP contribution < -0.4 is 10.1 Å². The van der Waals surface area contributed by atoms with Crippen LogP contribution in [0.1, 0.15) is 37.7 Å². The molecule has 1 N–H and O–H groups in total. The van der Waals surface area contributed by atoms with Crippen LogP contribution in [-0.4, -0.2) is 37.2 Å². The van der Waals surface area contributed by atoms with Crippen molar-refractivity contribution in [3.63, 3.8) is 0 Å². The summed E-state index contributed by atoms with van der Waals surface area (Å²) in [4.78, 5) is 2.62. The zero-order valence-electron chi connectivity index (χ0n) is 12.8. The Kier molecular flexibility index (Phi) is 4.87. The Labute approximate surface area is 136 Å². The minimum absolute atomic E-state index is 0.377. The molecule has 3 nitrogen and oxygen atoms in total. The van der Waals surface area contributed by atoms with Crippen LogP contribution in [0.5, 0.6) is 5.75 Å². The maximum atomic E-state index is 5.37. The van der Waals surface area contributed by atoms with E-state index in [1.165, 1.54) is 55.2 Å². The van der Waals surface area contributed by atoms with E-state index in [0.717, 1.165) is 18.8 Å². The minimum atomic E-state index is 0.377. The molecule has 0 unspecified atom stereocenters. The van der Waals surface area contributed by atoms with Crippen LogP contribution in [0.3, 0.4) is 0 Å². The molecule has 0 radical (unpaired) electrons. The normalized spacial score (nSPS) is 22.4. The van der Waals surface area contributed by atoms with Gasteiger partial charge in [-0.05, 0) is 56.1 Å². The molecule has 4 heteroatoms. The van der Waals surface area contributed by atoms with Crippen molar-refractivity contribution in [2.24, 2.45) is 0 Å². The topological polar surface area (TPSA) is 24.5 Å². The molecule has 1 aromatic rings. The molecular formula is C17H25BrN2O. The third-order valence-electron chi connectivity index (χ3n) is 4.88. The van der Waals surface area contributed by atoms with Crippen molar-refractivity contribution >= 4 is 15.9 Å². The summed E-state index contributed by atoms with van der Waals surface area (Å²) in [6, 6.07) is 6.26. The predicted molar refractivity (Wildman–Crippen MR) is 89.8 cm³/mol. The number of ether oxygens (including phenoxy) is 1. The van der Waals surface area contributed by atoms with Gasteiger partial charge in [0, 0.05) is 23.1 Å². The third-order valence-corrected chi connectivity index (χ3v) is 5.66. The minimum Gasteiger partial charge on any atom is -0.497 e. The molecule has 0 amide bonds. The fraction of sp³-hybridized carbons (Fsp3) is 0.647. The largest absolute Gasteiger partial charge is 0.497 e. The molecule has 116 valence electrons. The molecule has 21 heavy (non-hydrogen) atoms. The number of nitrogens with zero attached hydrogens (tertiary/aromatic N) is 1. The highest BCUT2D eigenvalue weighted by Gasteiger charge is 2.36. The van der Waals surface area contributed by atoms with E-state index in [1.54, 1.807) is 7.11 Å². The van der Waals surface area contributed by atoms with E-state index in [-0.39, 0.29) is 0 Å². The van der Waals surface area contributed by atoms with Crippen molar-refractivity contribution < 1.29 is 4.74 Å². The van der Waals surface area contributed by atoms with Gasteiger partial charge >= 0.3 is 0 Å². The van der Waals surface area contributed by atoms with E-state index >= 15 is 0 Å². The molecule has 1 aromatic carbocycles. The van der Waals surface area contributed by atoms with E-state index in [4.69, 9.17) is 4.74 Å². The molecule has 0 aromatic heterocycles. The monoisotopic (exact) mass is 352 g/mol. The second-order valence-electron chi connectivity index (χ2n) is 6.44. The summed E-state index contributed by atoms with van der Waals surface area (Å²) >= 11 is 3.68. The number of halogens is 1. The summed E-state index contributed by atoms with van der Waals surface area (Å²) in [6.45, 7) is 4.52. The van der Waals surface area contributed by atoms with Gasteiger partial charge in [0.2, 0.25) is 0 Å². The predicted octanol–water partition coefficient (Wildman–Crippen LogP) is 3.57. The van der Waals surface area contributed by atoms with E-state index in [9.17, 15) is 0 Å². The van der Waals surface area contributed by atoms with E-state index < -0.39 is 0 Å². The van der Waals surface area contributed by atoms with Gasteiger partial charge in [-0.15, -0.1) is 0 Å². The van der Waals surface area contributed by atoms with Crippen LogP contribution in [0.25, 0.3) is 0 Å². The van der Waals surface area contributed by atoms with Crippen LogP contribution in [-0.2, 0) is 6.54 Å². The Morgan fingerprint density at radius 2 is 2.10 bits per heavy atom. The molecule has 0 bridgehead atoms. The van der Waals surface area contributed by atoms with Crippen molar-refractivity contribution in [1.82, 2.24) is 10.2 Å². The Bertz CT molecular complexity index is 486. The maximum Gasteiger partial charge on any atom is 0.119 e. The summed E-state index contributed by atoms with van der Waals surface area (Å²) in [7, 11) is 1.73. The van der Waals surface area contributed by atoms with Gasteiger partial charge in [-0.3, -0.25) is 4.90 Å². The third kappa shape index (κ3) is 3.61. The van der Waals surface area contributed by atoms with Crippen LogP contribution >= 0.6 is 15.9 Å². The zero-order valence-corrected chi connectivity index (χ0v) is 14.4. The van der Waals surface area contributed by atoms with Crippen LogP contribution in [0, 0.1) is 0 Å². The Balaban J connectivity index is 1.74. The number of rotatable bonds is 3. The first-order valence-corrected chi connectivity index (χ1v) is 8.80. The highest BCUT2D eigenvalue weighted by Crippen LogP contribution is 2.33. The fourth-order valence-electron chi connectivity index (χ4n) is 3.78. The Morgan fingerprint density at radius 1 is 1.29 bits per heavy atom. The zero-order chi connectivity index (χ0) is 14.7. The number of methoxy groups -OCH3 is 1. The van der Waals surface area contributed by atoms with Gasteiger partial charge in [-0.1, -0.05) is 28.8 Å². The number of hydrogen-bond acceptors (Lipinski definition) is 3. The molecule has 2 fully saturated rings. The molecule has 1 saturated heterocycles. The van der Waals surface area contributed by atoms with Gasteiger partial charge in [0.1, 0.15) is 5.75 Å². The van der Waals surface area contributed by atoms with Gasteiger partial charge in [0.15, 0.2) is 0 Å². The van der Waals surface area contributed by atoms with Crippen molar-refractivity contribution in [1.29, 1.82) is 0 Å². The average molecular weight is 353 g/mol. The molecule has 1 aliphatic carbocycles. The van der Waals surface area contributed by atoms with Gasteiger partial charge < -0.3 is 10.1 Å². The summed E-state index contributed by atoms with van der Waals surface area (Å²) in [5.74, 6) is 0.941. The molecule has 3 rings (SSSR count). The lowest BCUT2D eigenvalue weighted by atomic mass is 9.97. The molecule has 1 saturated carbocycles. The van der Waals surface area contributed by atoms with E-state index in [1.807, 2.05) is 6.07 Å². The first-order chi connectivity index (χ1) is 10.2. The van der Waals surface area contributed by atoms with Gasteiger partial charge in [-0.25, -0.2) is 0 Å². The lowest BCUT2D eigenvalue weighted by molar-refractivity contribution is 0.203.